The normalized spacial score (nSPS) is 11.8. The number of amides is 2. The summed E-state index contributed by atoms with van der Waals surface area (Å²) in [5, 5.41) is 12.9. The average molecular weight is 424 g/mol. The minimum Gasteiger partial charge on any atom is -0.358 e. The van der Waals surface area contributed by atoms with Crippen molar-refractivity contribution < 1.29 is 18.0 Å². The summed E-state index contributed by atoms with van der Waals surface area (Å²) in [7, 11) is 0. The van der Waals surface area contributed by atoms with E-state index in [1.807, 2.05) is 0 Å². The molecule has 0 atom stereocenters. The highest BCUT2D eigenvalue weighted by atomic mass is 35.5. The molecule has 0 spiro atoms. The lowest BCUT2D eigenvalue weighted by molar-refractivity contribution is -0.129. The predicted octanol–water partition coefficient (Wildman–Crippen LogP) is 4.27. The van der Waals surface area contributed by atoms with Crippen molar-refractivity contribution in [2.24, 2.45) is 0 Å². The van der Waals surface area contributed by atoms with Gasteiger partial charge in [-0.25, -0.2) is 4.79 Å². The van der Waals surface area contributed by atoms with E-state index in [0.717, 1.165) is 11.8 Å². The van der Waals surface area contributed by atoms with Crippen molar-refractivity contribution in [1.82, 2.24) is 15.2 Å². The van der Waals surface area contributed by atoms with E-state index in [9.17, 15) is 18.0 Å². The molecule has 27 heavy (non-hydrogen) atoms. The van der Waals surface area contributed by atoms with Gasteiger partial charge in [-0.3, -0.25) is 15.3 Å². The van der Waals surface area contributed by atoms with E-state index in [0.29, 0.717) is 11.4 Å². The number of thioether (sulfide) groups is 1. The number of hydrogen-bond acceptors (Lipinski definition) is 5. The number of halogens is 4. The van der Waals surface area contributed by atoms with Crippen molar-refractivity contribution >= 4 is 40.3 Å². The van der Waals surface area contributed by atoms with Gasteiger partial charge in [0.25, 0.3) is 0 Å². The van der Waals surface area contributed by atoms with Gasteiger partial charge in [-0.05, 0) is 19.1 Å². The van der Waals surface area contributed by atoms with Gasteiger partial charge in [-0.2, -0.15) is 24.9 Å². The summed E-state index contributed by atoms with van der Waals surface area (Å²) in [6.07, 6.45) is -0.425. The standard InChI is InChI=1S/C16H21ClF3N5OS/c1-2-25(15(26)23-7-9-27-8-5-16(18,19)20)13(14(17)21)11-24-12-4-3-6-22-10-12/h3-4,6,10-11,21,24H,2,5,7-9H2,1H3,(H,23,26)/b13-11+,21-14?. The Morgan fingerprint density at radius 3 is 2.74 bits per heavy atom. The lowest BCUT2D eigenvalue weighted by atomic mass is 10.4. The molecule has 150 valence electrons. The molecule has 1 aromatic rings. The third kappa shape index (κ3) is 9.53. The van der Waals surface area contributed by atoms with Gasteiger partial charge < -0.3 is 10.6 Å². The number of allylic oxidation sites excluding steroid dienone is 1. The molecular weight excluding hydrogens is 403 g/mol. The number of alkyl halides is 3. The summed E-state index contributed by atoms with van der Waals surface area (Å²) in [4.78, 5) is 17.5. The monoisotopic (exact) mass is 423 g/mol. The van der Waals surface area contributed by atoms with E-state index < -0.39 is 18.6 Å². The van der Waals surface area contributed by atoms with Gasteiger partial charge in [0.2, 0.25) is 0 Å². The largest absolute Gasteiger partial charge is 0.389 e. The van der Waals surface area contributed by atoms with Crippen LogP contribution in [-0.2, 0) is 0 Å². The fourth-order valence-electron chi connectivity index (χ4n) is 1.90. The molecule has 0 bridgehead atoms. The van der Waals surface area contributed by atoms with Crippen molar-refractivity contribution in [3.8, 4) is 0 Å². The molecule has 0 radical (unpaired) electrons. The Hall–Kier alpha value is -1.94. The van der Waals surface area contributed by atoms with Crippen molar-refractivity contribution in [3.05, 3.63) is 36.4 Å². The van der Waals surface area contributed by atoms with Gasteiger partial charge in [-0.1, -0.05) is 11.6 Å². The van der Waals surface area contributed by atoms with Gasteiger partial charge in [0.1, 0.15) is 5.17 Å². The number of hydrogen-bond donors (Lipinski definition) is 3. The van der Waals surface area contributed by atoms with Crippen molar-refractivity contribution in [1.29, 1.82) is 5.41 Å². The molecule has 0 saturated carbocycles. The van der Waals surface area contributed by atoms with Crippen LogP contribution in [-0.4, -0.2) is 51.9 Å². The highest BCUT2D eigenvalue weighted by Crippen LogP contribution is 2.21. The summed E-state index contributed by atoms with van der Waals surface area (Å²) < 4.78 is 36.2. The summed E-state index contributed by atoms with van der Waals surface area (Å²) in [6, 6.07) is 2.99. The average Bonchev–Trinajstić information content (AvgIpc) is 2.61. The molecule has 6 nitrogen and oxygen atoms in total. The van der Waals surface area contributed by atoms with Crippen molar-refractivity contribution in [2.45, 2.75) is 19.5 Å². The highest BCUT2D eigenvalue weighted by Gasteiger charge is 2.26. The van der Waals surface area contributed by atoms with E-state index >= 15 is 0 Å². The number of carbonyl (C=O) groups is 1. The van der Waals surface area contributed by atoms with Crippen LogP contribution in [0.4, 0.5) is 23.7 Å². The highest BCUT2D eigenvalue weighted by molar-refractivity contribution is 7.99. The second-order valence-corrected chi connectivity index (χ2v) is 6.79. The Balaban J connectivity index is 2.56. The number of carbonyl (C=O) groups excluding carboxylic acids is 1. The lowest BCUT2D eigenvalue weighted by Gasteiger charge is -2.23. The molecule has 1 aromatic heterocycles. The van der Waals surface area contributed by atoms with Crippen LogP contribution in [0, 0.1) is 5.41 Å². The van der Waals surface area contributed by atoms with Crippen LogP contribution >= 0.6 is 23.4 Å². The minimum atomic E-state index is -4.17. The zero-order chi connectivity index (χ0) is 20.3. The van der Waals surface area contributed by atoms with Crippen molar-refractivity contribution in [3.63, 3.8) is 0 Å². The fraction of sp³-hybridized carbons (Fsp3) is 0.438. The van der Waals surface area contributed by atoms with Crippen LogP contribution < -0.4 is 10.6 Å². The van der Waals surface area contributed by atoms with E-state index in [-0.39, 0.29) is 29.7 Å². The van der Waals surface area contributed by atoms with E-state index in [1.165, 1.54) is 11.1 Å². The number of pyridine rings is 1. The predicted molar refractivity (Wildman–Crippen MR) is 103 cm³/mol. The van der Waals surface area contributed by atoms with Gasteiger partial charge in [0.05, 0.1) is 24.0 Å². The zero-order valence-electron chi connectivity index (χ0n) is 14.6. The molecule has 1 heterocycles. The molecule has 3 N–H and O–H groups in total. The zero-order valence-corrected chi connectivity index (χ0v) is 16.2. The van der Waals surface area contributed by atoms with Crippen LogP contribution in [0.5, 0.6) is 0 Å². The van der Waals surface area contributed by atoms with Gasteiger partial charge >= 0.3 is 12.2 Å². The molecule has 0 saturated heterocycles. The molecule has 11 heteroatoms. The first-order valence-corrected chi connectivity index (χ1v) is 9.59. The van der Waals surface area contributed by atoms with Crippen molar-refractivity contribution in [2.75, 3.05) is 29.9 Å². The van der Waals surface area contributed by atoms with E-state index in [4.69, 9.17) is 17.0 Å². The first-order valence-electron chi connectivity index (χ1n) is 8.05. The van der Waals surface area contributed by atoms with Crippen LogP contribution in [0.3, 0.4) is 0 Å². The first-order chi connectivity index (χ1) is 12.7. The lowest BCUT2D eigenvalue weighted by Crippen LogP contribution is -2.41. The molecule has 0 aromatic carbocycles. The van der Waals surface area contributed by atoms with E-state index in [2.05, 4.69) is 15.6 Å². The number of aromatic nitrogens is 1. The Morgan fingerprint density at radius 1 is 1.44 bits per heavy atom. The number of nitrogens with one attached hydrogen (secondary N) is 3. The molecule has 0 aliphatic carbocycles. The van der Waals surface area contributed by atoms with Crippen LogP contribution in [0.15, 0.2) is 36.4 Å². The smallest absolute Gasteiger partial charge is 0.358 e. The Kier molecular flexibility index (Phi) is 10.0. The number of nitrogens with zero attached hydrogens (tertiary/aromatic N) is 2. The fourth-order valence-corrected chi connectivity index (χ4v) is 2.88. The topological polar surface area (TPSA) is 81.1 Å². The van der Waals surface area contributed by atoms with Gasteiger partial charge in [-0.15, -0.1) is 0 Å². The molecule has 0 aliphatic rings. The van der Waals surface area contributed by atoms with Gasteiger partial charge in [0.15, 0.2) is 0 Å². The quantitative estimate of drug-likeness (QED) is 0.388. The van der Waals surface area contributed by atoms with E-state index in [1.54, 1.807) is 31.5 Å². The van der Waals surface area contributed by atoms with Crippen LogP contribution in [0.25, 0.3) is 0 Å². The second-order valence-electron chi connectivity index (χ2n) is 5.18. The third-order valence-electron chi connectivity index (χ3n) is 3.17. The molecule has 1 rings (SSSR count). The summed E-state index contributed by atoms with van der Waals surface area (Å²) in [5.74, 6) is 0.300. The number of urea groups is 1. The Morgan fingerprint density at radius 2 is 2.19 bits per heavy atom. The second kappa shape index (κ2) is 11.7. The molecule has 0 unspecified atom stereocenters. The number of rotatable bonds is 10. The SMILES string of the molecule is CCN(C(=O)NCCSCCC(F)(F)F)/C(=C/Nc1cccnc1)C(=N)Cl. The summed E-state index contributed by atoms with van der Waals surface area (Å²) in [5.41, 5.74) is 0.815. The summed E-state index contributed by atoms with van der Waals surface area (Å²) in [6.45, 7) is 2.18. The maximum Gasteiger partial charge on any atom is 0.389 e. The Bertz CT molecular complexity index is 643. The minimum absolute atomic E-state index is 0.0522. The number of anilines is 1. The molecule has 2 amide bonds. The Labute approximate surface area is 165 Å². The van der Waals surface area contributed by atoms with Crippen LogP contribution in [0.2, 0.25) is 0 Å². The van der Waals surface area contributed by atoms with Gasteiger partial charge in [0, 0.05) is 37.0 Å². The third-order valence-corrected chi connectivity index (χ3v) is 4.35. The van der Waals surface area contributed by atoms with Crippen LogP contribution in [0.1, 0.15) is 13.3 Å². The summed E-state index contributed by atoms with van der Waals surface area (Å²) >= 11 is 6.91. The molecule has 0 aliphatic heterocycles. The molecular formula is C16H21ClF3N5OS. The molecule has 0 fully saturated rings. The maximum atomic E-state index is 12.3. The maximum absolute atomic E-state index is 12.3. The first kappa shape index (κ1) is 23.1.